The Labute approximate surface area is 126 Å². The highest BCUT2D eigenvalue weighted by atomic mass is 16.5. The third-order valence-electron chi connectivity index (χ3n) is 5.18. The van der Waals surface area contributed by atoms with Crippen LogP contribution in [0.25, 0.3) is 0 Å². The number of amides is 1. The van der Waals surface area contributed by atoms with Crippen molar-refractivity contribution in [3.05, 3.63) is 0 Å². The average Bonchev–Trinajstić information content (AvgIpc) is 2.96. The first kappa shape index (κ1) is 15.0. The van der Waals surface area contributed by atoms with Gasteiger partial charge in [0.05, 0.1) is 19.8 Å². The Kier molecular flexibility index (Phi) is 4.91. The summed E-state index contributed by atoms with van der Waals surface area (Å²) in [5.41, 5.74) is 0. The molecule has 2 heterocycles. The van der Waals surface area contributed by atoms with E-state index in [1.165, 1.54) is 0 Å². The number of carbonyl (C=O) groups excluding carboxylic acids is 2. The smallest absolute Gasteiger partial charge is 0.236 e. The standard InChI is InChI=1S/C16H26N2O3/c19-15-6-2-1-4-13(15)14-5-3-7-18(14)12-16(20)17-8-10-21-11-9-17/h13-14H,1-12H2. The third kappa shape index (κ3) is 3.46. The largest absolute Gasteiger partial charge is 0.378 e. The van der Waals surface area contributed by atoms with Gasteiger partial charge < -0.3 is 9.64 Å². The van der Waals surface area contributed by atoms with Crippen molar-refractivity contribution in [1.29, 1.82) is 0 Å². The molecule has 1 amide bonds. The van der Waals surface area contributed by atoms with Gasteiger partial charge in [-0.25, -0.2) is 0 Å². The van der Waals surface area contributed by atoms with E-state index in [1.807, 2.05) is 4.90 Å². The number of ether oxygens (including phenoxy) is 1. The van der Waals surface area contributed by atoms with Crippen LogP contribution in [-0.4, -0.2) is 66.9 Å². The minimum absolute atomic E-state index is 0.179. The molecule has 3 aliphatic rings. The van der Waals surface area contributed by atoms with Gasteiger partial charge in [-0.2, -0.15) is 0 Å². The van der Waals surface area contributed by atoms with Crippen LogP contribution >= 0.6 is 0 Å². The maximum absolute atomic E-state index is 12.4. The number of nitrogens with zero attached hydrogens (tertiary/aromatic N) is 2. The van der Waals surface area contributed by atoms with E-state index in [4.69, 9.17) is 4.74 Å². The summed E-state index contributed by atoms with van der Waals surface area (Å²) in [5, 5.41) is 0. The Morgan fingerprint density at radius 2 is 1.90 bits per heavy atom. The molecule has 0 aromatic rings. The van der Waals surface area contributed by atoms with Gasteiger partial charge in [-0.15, -0.1) is 0 Å². The minimum atomic E-state index is 0.179. The van der Waals surface area contributed by atoms with Crippen molar-refractivity contribution in [2.45, 2.75) is 44.6 Å². The van der Waals surface area contributed by atoms with E-state index in [-0.39, 0.29) is 11.8 Å². The van der Waals surface area contributed by atoms with Gasteiger partial charge in [-0.1, -0.05) is 6.42 Å². The molecule has 0 radical (unpaired) electrons. The van der Waals surface area contributed by atoms with Gasteiger partial charge in [0.2, 0.25) is 5.91 Å². The number of likely N-dealkylation sites (tertiary alicyclic amines) is 1. The number of morpholine rings is 1. The fourth-order valence-corrected chi connectivity index (χ4v) is 4.01. The van der Waals surface area contributed by atoms with Gasteiger partial charge in [0.25, 0.3) is 0 Å². The van der Waals surface area contributed by atoms with Crippen LogP contribution in [0, 0.1) is 5.92 Å². The maximum atomic E-state index is 12.4. The molecule has 2 aliphatic heterocycles. The highest BCUT2D eigenvalue weighted by Gasteiger charge is 2.37. The second-order valence-corrected chi connectivity index (χ2v) is 6.49. The summed E-state index contributed by atoms with van der Waals surface area (Å²) in [4.78, 5) is 28.8. The zero-order chi connectivity index (χ0) is 14.7. The van der Waals surface area contributed by atoms with E-state index >= 15 is 0 Å². The molecule has 0 N–H and O–H groups in total. The Morgan fingerprint density at radius 3 is 2.67 bits per heavy atom. The number of Topliss-reactive ketones (excluding diaryl/α,β-unsaturated/α-hetero) is 1. The Hall–Kier alpha value is -0.940. The predicted octanol–water partition coefficient (Wildman–Crippen LogP) is 1.07. The van der Waals surface area contributed by atoms with Crippen LogP contribution in [0.15, 0.2) is 0 Å². The number of hydrogen-bond acceptors (Lipinski definition) is 4. The van der Waals surface area contributed by atoms with Crippen LogP contribution in [0.1, 0.15) is 38.5 Å². The van der Waals surface area contributed by atoms with Crippen molar-refractivity contribution in [1.82, 2.24) is 9.80 Å². The second kappa shape index (κ2) is 6.88. The van der Waals surface area contributed by atoms with Crippen molar-refractivity contribution in [3.63, 3.8) is 0 Å². The third-order valence-corrected chi connectivity index (χ3v) is 5.18. The lowest BCUT2D eigenvalue weighted by atomic mass is 9.82. The van der Waals surface area contributed by atoms with Crippen molar-refractivity contribution < 1.29 is 14.3 Å². The molecule has 118 valence electrons. The summed E-state index contributed by atoms with van der Waals surface area (Å²) in [6, 6.07) is 0.308. The minimum Gasteiger partial charge on any atom is -0.378 e. The van der Waals surface area contributed by atoms with Gasteiger partial charge in [-0.3, -0.25) is 14.5 Å². The van der Waals surface area contributed by atoms with Crippen LogP contribution in [0.4, 0.5) is 0 Å². The SMILES string of the molecule is O=C1CCCCC1C1CCCN1CC(=O)N1CCOCC1. The zero-order valence-corrected chi connectivity index (χ0v) is 12.8. The number of rotatable bonds is 3. The Morgan fingerprint density at radius 1 is 1.10 bits per heavy atom. The van der Waals surface area contributed by atoms with E-state index in [0.717, 1.165) is 45.1 Å². The van der Waals surface area contributed by atoms with Gasteiger partial charge in [-0.05, 0) is 32.2 Å². The molecule has 5 nitrogen and oxygen atoms in total. The Balaban J connectivity index is 1.58. The van der Waals surface area contributed by atoms with E-state index in [2.05, 4.69) is 4.90 Å². The summed E-state index contributed by atoms with van der Waals surface area (Å²) in [6.07, 6.45) is 6.17. The number of ketones is 1. The van der Waals surface area contributed by atoms with Gasteiger partial charge in [0.15, 0.2) is 0 Å². The maximum Gasteiger partial charge on any atom is 0.236 e. The van der Waals surface area contributed by atoms with Crippen LogP contribution in [0.5, 0.6) is 0 Å². The van der Waals surface area contributed by atoms with Crippen LogP contribution in [0.2, 0.25) is 0 Å². The molecule has 1 aliphatic carbocycles. The fraction of sp³-hybridized carbons (Fsp3) is 0.875. The molecular formula is C16H26N2O3. The Bertz CT molecular complexity index is 393. The van der Waals surface area contributed by atoms with Gasteiger partial charge in [0.1, 0.15) is 5.78 Å². The summed E-state index contributed by atoms with van der Waals surface area (Å²) in [5.74, 6) is 0.809. The lowest BCUT2D eigenvalue weighted by molar-refractivity contribution is -0.138. The normalized spacial score (nSPS) is 31.6. The molecule has 3 rings (SSSR count). The van der Waals surface area contributed by atoms with Gasteiger partial charge in [0, 0.05) is 31.5 Å². The highest BCUT2D eigenvalue weighted by Crippen LogP contribution is 2.32. The predicted molar refractivity (Wildman–Crippen MR) is 79.0 cm³/mol. The van der Waals surface area contributed by atoms with Crippen LogP contribution in [-0.2, 0) is 14.3 Å². The molecular weight excluding hydrogens is 268 g/mol. The molecule has 5 heteroatoms. The lowest BCUT2D eigenvalue weighted by Gasteiger charge is -2.34. The highest BCUT2D eigenvalue weighted by molar-refractivity contribution is 5.83. The molecule has 0 aromatic heterocycles. The summed E-state index contributed by atoms with van der Waals surface area (Å²) < 4.78 is 5.30. The summed E-state index contributed by atoms with van der Waals surface area (Å²) in [6.45, 7) is 4.16. The van der Waals surface area contributed by atoms with E-state index in [1.54, 1.807) is 0 Å². The molecule has 0 spiro atoms. The van der Waals surface area contributed by atoms with E-state index in [9.17, 15) is 9.59 Å². The first-order chi connectivity index (χ1) is 10.3. The quantitative estimate of drug-likeness (QED) is 0.781. The van der Waals surface area contributed by atoms with Crippen LogP contribution < -0.4 is 0 Å². The molecule has 1 saturated carbocycles. The van der Waals surface area contributed by atoms with Crippen molar-refractivity contribution in [3.8, 4) is 0 Å². The second-order valence-electron chi connectivity index (χ2n) is 6.49. The van der Waals surface area contributed by atoms with Crippen molar-refractivity contribution in [2.75, 3.05) is 39.4 Å². The zero-order valence-electron chi connectivity index (χ0n) is 12.8. The first-order valence-corrected chi connectivity index (χ1v) is 8.38. The van der Waals surface area contributed by atoms with Crippen molar-refractivity contribution >= 4 is 11.7 Å². The monoisotopic (exact) mass is 294 g/mol. The lowest BCUT2D eigenvalue weighted by Crippen LogP contribution is -2.49. The number of carbonyl (C=O) groups is 2. The molecule has 2 unspecified atom stereocenters. The van der Waals surface area contributed by atoms with E-state index in [0.29, 0.717) is 44.7 Å². The van der Waals surface area contributed by atoms with E-state index < -0.39 is 0 Å². The summed E-state index contributed by atoms with van der Waals surface area (Å²) in [7, 11) is 0. The molecule has 3 fully saturated rings. The molecule has 0 aromatic carbocycles. The average molecular weight is 294 g/mol. The fourth-order valence-electron chi connectivity index (χ4n) is 4.01. The molecule has 0 bridgehead atoms. The molecule has 2 atom stereocenters. The summed E-state index contributed by atoms with van der Waals surface area (Å²) >= 11 is 0. The van der Waals surface area contributed by atoms with Crippen LogP contribution in [0.3, 0.4) is 0 Å². The first-order valence-electron chi connectivity index (χ1n) is 8.38. The molecule has 2 saturated heterocycles. The topological polar surface area (TPSA) is 49.9 Å². The number of hydrogen-bond donors (Lipinski definition) is 0. The van der Waals surface area contributed by atoms with Gasteiger partial charge >= 0.3 is 0 Å². The van der Waals surface area contributed by atoms with Crippen molar-refractivity contribution in [2.24, 2.45) is 5.92 Å². The molecule has 21 heavy (non-hydrogen) atoms.